The standard InChI is InChI=1S/C10H7BrF3NO3/c1-5(16)8(11)6-3-2-4-7(10(12,13)14)9(6)15(17)18/h2-4,8H,1H3. The lowest BCUT2D eigenvalue weighted by Crippen LogP contribution is -2.13. The number of Topliss-reactive ketones (excluding diaryl/α,β-unsaturated/α-hetero) is 1. The Labute approximate surface area is 108 Å². The van der Waals surface area contributed by atoms with E-state index < -0.39 is 33.0 Å². The molecule has 0 spiro atoms. The highest BCUT2D eigenvalue weighted by molar-refractivity contribution is 9.09. The molecule has 0 heterocycles. The highest BCUT2D eigenvalue weighted by Crippen LogP contribution is 2.41. The molecule has 1 atom stereocenters. The van der Waals surface area contributed by atoms with E-state index in [4.69, 9.17) is 0 Å². The van der Waals surface area contributed by atoms with E-state index in [1.54, 1.807) is 0 Å². The number of hydrogen-bond donors (Lipinski definition) is 0. The molecule has 8 heteroatoms. The Morgan fingerprint density at radius 3 is 2.39 bits per heavy atom. The highest BCUT2D eigenvalue weighted by Gasteiger charge is 2.40. The van der Waals surface area contributed by atoms with Crippen molar-refractivity contribution in [1.29, 1.82) is 0 Å². The number of carbonyl (C=O) groups excluding carboxylic acids is 1. The van der Waals surface area contributed by atoms with Gasteiger partial charge in [-0.3, -0.25) is 14.9 Å². The number of alkyl halides is 4. The molecule has 0 aliphatic heterocycles. The van der Waals surface area contributed by atoms with Crippen LogP contribution in [-0.2, 0) is 11.0 Å². The fourth-order valence-electron chi connectivity index (χ4n) is 1.42. The summed E-state index contributed by atoms with van der Waals surface area (Å²) in [6, 6.07) is 2.76. The van der Waals surface area contributed by atoms with Crippen LogP contribution < -0.4 is 0 Å². The van der Waals surface area contributed by atoms with Crippen LogP contribution in [0, 0.1) is 10.1 Å². The number of nitrogens with zero attached hydrogens (tertiary/aromatic N) is 1. The van der Waals surface area contributed by atoms with Crippen LogP contribution in [0.15, 0.2) is 18.2 Å². The average Bonchev–Trinajstić information content (AvgIpc) is 2.25. The van der Waals surface area contributed by atoms with Gasteiger partial charge in [0.05, 0.1) is 10.5 Å². The van der Waals surface area contributed by atoms with E-state index >= 15 is 0 Å². The molecule has 0 saturated heterocycles. The van der Waals surface area contributed by atoms with Crippen LogP contribution in [0.4, 0.5) is 18.9 Å². The molecule has 0 aliphatic carbocycles. The van der Waals surface area contributed by atoms with Crippen molar-refractivity contribution in [1.82, 2.24) is 0 Å². The van der Waals surface area contributed by atoms with Crippen LogP contribution in [0.5, 0.6) is 0 Å². The minimum Gasteiger partial charge on any atom is -0.298 e. The topological polar surface area (TPSA) is 60.2 Å². The van der Waals surface area contributed by atoms with Crippen LogP contribution in [0.25, 0.3) is 0 Å². The van der Waals surface area contributed by atoms with Crippen molar-refractivity contribution in [3.8, 4) is 0 Å². The third kappa shape index (κ3) is 2.87. The third-order valence-electron chi connectivity index (χ3n) is 2.19. The van der Waals surface area contributed by atoms with Gasteiger partial charge in [0, 0.05) is 0 Å². The minimum absolute atomic E-state index is 0.303. The molecule has 0 aromatic heterocycles. The Kier molecular flexibility index (Phi) is 4.10. The molecule has 1 rings (SSSR count). The predicted octanol–water partition coefficient (Wildman–Crippen LogP) is 3.64. The van der Waals surface area contributed by atoms with Crippen molar-refractivity contribution < 1.29 is 22.9 Å². The molecule has 0 amide bonds. The summed E-state index contributed by atoms with van der Waals surface area (Å²) in [6.45, 7) is 1.13. The summed E-state index contributed by atoms with van der Waals surface area (Å²) < 4.78 is 37.9. The summed E-state index contributed by atoms with van der Waals surface area (Å²) in [4.78, 5) is 19.7. The van der Waals surface area contributed by atoms with E-state index in [0.717, 1.165) is 19.1 Å². The maximum Gasteiger partial charge on any atom is 0.423 e. The summed E-state index contributed by atoms with van der Waals surface area (Å²) in [7, 11) is 0. The van der Waals surface area contributed by atoms with Gasteiger partial charge in [0.2, 0.25) is 0 Å². The molecule has 0 fully saturated rings. The molecule has 98 valence electrons. The lowest BCUT2D eigenvalue weighted by molar-refractivity contribution is -0.388. The summed E-state index contributed by atoms with van der Waals surface area (Å²) in [5, 5.41) is 10.8. The first-order valence-corrected chi connectivity index (χ1v) is 5.57. The summed E-state index contributed by atoms with van der Waals surface area (Å²) >= 11 is 2.85. The zero-order valence-corrected chi connectivity index (χ0v) is 10.6. The first-order chi connectivity index (χ1) is 8.16. The number of benzene rings is 1. The van der Waals surface area contributed by atoms with Gasteiger partial charge in [-0.25, -0.2) is 0 Å². The van der Waals surface area contributed by atoms with Crippen molar-refractivity contribution in [2.75, 3.05) is 0 Å². The monoisotopic (exact) mass is 325 g/mol. The van der Waals surface area contributed by atoms with E-state index in [9.17, 15) is 28.1 Å². The SMILES string of the molecule is CC(=O)C(Br)c1cccc(C(F)(F)F)c1[N+](=O)[O-]. The second-order valence-corrected chi connectivity index (χ2v) is 4.39. The van der Waals surface area contributed by atoms with Gasteiger partial charge in [-0.2, -0.15) is 13.2 Å². The Morgan fingerprint density at radius 1 is 1.44 bits per heavy atom. The molecule has 1 aromatic carbocycles. The van der Waals surface area contributed by atoms with Gasteiger partial charge in [0.1, 0.15) is 16.2 Å². The first kappa shape index (κ1) is 14.6. The number of ketones is 1. The van der Waals surface area contributed by atoms with E-state index in [1.807, 2.05) is 0 Å². The normalized spacial score (nSPS) is 13.2. The fourth-order valence-corrected chi connectivity index (χ4v) is 1.79. The second-order valence-electron chi connectivity index (χ2n) is 3.47. The molecule has 18 heavy (non-hydrogen) atoms. The second kappa shape index (κ2) is 5.05. The number of nitro groups is 1. The smallest absolute Gasteiger partial charge is 0.298 e. The van der Waals surface area contributed by atoms with Crippen molar-refractivity contribution >= 4 is 27.4 Å². The van der Waals surface area contributed by atoms with Crippen LogP contribution in [-0.4, -0.2) is 10.7 Å². The number of halogens is 4. The molecule has 4 nitrogen and oxygen atoms in total. The summed E-state index contributed by atoms with van der Waals surface area (Å²) in [6.07, 6.45) is -4.85. The molecule has 0 radical (unpaired) electrons. The van der Waals surface area contributed by atoms with Crippen molar-refractivity contribution in [3.63, 3.8) is 0 Å². The molecular formula is C10H7BrF3NO3. The maximum absolute atomic E-state index is 12.6. The lowest BCUT2D eigenvalue weighted by Gasteiger charge is -2.12. The minimum atomic E-state index is -4.85. The average molecular weight is 326 g/mol. The largest absolute Gasteiger partial charge is 0.423 e. The molecular weight excluding hydrogens is 319 g/mol. The number of rotatable bonds is 3. The third-order valence-corrected chi connectivity index (χ3v) is 3.32. The van der Waals surface area contributed by atoms with E-state index in [2.05, 4.69) is 15.9 Å². The quantitative estimate of drug-likeness (QED) is 0.484. The van der Waals surface area contributed by atoms with Gasteiger partial charge in [0.15, 0.2) is 0 Å². The number of para-hydroxylation sites is 1. The van der Waals surface area contributed by atoms with Gasteiger partial charge >= 0.3 is 6.18 Å². The Hall–Kier alpha value is -1.44. The van der Waals surface area contributed by atoms with Crippen molar-refractivity contribution in [2.24, 2.45) is 0 Å². The molecule has 0 aliphatic rings. The van der Waals surface area contributed by atoms with Crippen LogP contribution in [0.3, 0.4) is 0 Å². The van der Waals surface area contributed by atoms with E-state index in [1.165, 1.54) is 0 Å². The van der Waals surface area contributed by atoms with Gasteiger partial charge in [-0.15, -0.1) is 0 Å². The molecule has 0 N–H and O–H groups in total. The van der Waals surface area contributed by atoms with Gasteiger partial charge in [-0.05, 0) is 13.0 Å². The summed E-state index contributed by atoms with van der Waals surface area (Å²) in [5.41, 5.74) is -2.76. The predicted molar refractivity (Wildman–Crippen MR) is 60.4 cm³/mol. The van der Waals surface area contributed by atoms with E-state index in [0.29, 0.717) is 6.07 Å². The Balaban J connectivity index is 3.55. The number of hydrogen-bond acceptors (Lipinski definition) is 3. The molecule has 0 bridgehead atoms. The molecule has 0 saturated carbocycles. The zero-order chi connectivity index (χ0) is 14.1. The maximum atomic E-state index is 12.6. The summed E-state index contributed by atoms with van der Waals surface area (Å²) in [5.74, 6) is -0.516. The van der Waals surface area contributed by atoms with Gasteiger partial charge < -0.3 is 0 Å². The Bertz CT molecular complexity index is 502. The van der Waals surface area contributed by atoms with Gasteiger partial charge in [0.25, 0.3) is 5.69 Å². The zero-order valence-electron chi connectivity index (χ0n) is 8.99. The molecule has 1 unspecified atom stereocenters. The van der Waals surface area contributed by atoms with Crippen molar-refractivity contribution in [2.45, 2.75) is 17.9 Å². The fraction of sp³-hybridized carbons (Fsp3) is 0.300. The van der Waals surface area contributed by atoms with Crippen LogP contribution in [0.1, 0.15) is 22.9 Å². The first-order valence-electron chi connectivity index (χ1n) is 4.65. The van der Waals surface area contributed by atoms with Crippen LogP contribution >= 0.6 is 15.9 Å². The van der Waals surface area contributed by atoms with Gasteiger partial charge in [-0.1, -0.05) is 28.1 Å². The highest BCUT2D eigenvalue weighted by atomic mass is 79.9. The van der Waals surface area contributed by atoms with Crippen molar-refractivity contribution in [3.05, 3.63) is 39.4 Å². The van der Waals surface area contributed by atoms with E-state index in [-0.39, 0.29) is 5.56 Å². The lowest BCUT2D eigenvalue weighted by atomic mass is 10.0. The number of nitro benzene ring substituents is 1. The number of carbonyl (C=O) groups is 1. The Morgan fingerprint density at radius 2 is 2.00 bits per heavy atom. The molecule has 1 aromatic rings. The van der Waals surface area contributed by atoms with Crippen LogP contribution in [0.2, 0.25) is 0 Å².